The van der Waals surface area contributed by atoms with E-state index in [1.54, 1.807) is 36.4 Å². The van der Waals surface area contributed by atoms with Gasteiger partial charge in [-0.25, -0.2) is 0 Å². The van der Waals surface area contributed by atoms with Crippen molar-refractivity contribution in [3.63, 3.8) is 0 Å². The zero-order valence-corrected chi connectivity index (χ0v) is 18.7. The summed E-state index contributed by atoms with van der Waals surface area (Å²) >= 11 is 0. The highest BCUT2D eigenvalue weighted by Gasteiger charge is 2.35. The molecule has 0 saturated carbocycles. The molecule has 10 heteroatoms. The Morgan fingerprint density at radius 3 is 2.64 bits per heavy atom. The molecule has 2 aliphatic heterocycles. The lowest BCUT2D eigenvalue weighted by atomic mass is 9.96. The molecule has 1 N–H and O–H groups in total. The van der Waals surface area contributed by atoms with E-state index in [2.05, 4.69) is 9.71 Å². The third kappa shape index (κ3) is 4.73. The third-order valence-corrected chi connectivity index (χ3v) is 6.99. The Balaban J connectivity index is 1.32. The van der Waals surface area contributed by atoms with Gasteiger partial charge in [0.05, 0.1) is 17.6 Å². The Hall–Kier alpha value is -3.71. The number of fused-ring (bicyclic) bond motifs is 1. The van der Waals surface area contributed by atoms with E-state index in [9.17, 15) is 18.0 Å². The molecule has 1 fully saturated rings. The molecular weight excluding hydrogens is 444 g/mol. The first kappa shape index (κ1) is 22.5. The molecule has 1 saturated heterocycles. The number of carbonyl (C=O) groups excluding carboxylic acids is 2. The van der Waals surface area contributed by atoms with E-state index in [1.807, 2.05) is 11.0 Å². The van der Waals surface area contributed by atoms with E-state index in [0.29, 0.717) is 48.6 Å². The van der Waals surface area contributed by atoms with Crippen molar-refractivity contribution in [3.8, 4) is 6.07 Å². The Morgan fingerprint density at radius 1 is 1.18 bits per heavy atom. The highest BCUT2D eigenvalue weighted by molar-refractivity contribution is 7.90. The van der Waals surface area contributed by atoms with E-state index < -0.39 is 33.9 Å². The molecule has 33 heavy (non-hydrogen) atoms. The molecule has 1 atom stereocenters. The monoisotopic (exact) mass is 466 g/mol. The van der Waals surface area contributed by atoms with Gasteiger partial charge in [-0.3, -0.25) is 9.59 Å². The van der Waals surface area contributed by atoms with Crippen LogP contribution in [-0.2, 0) is 24.3 Å². The summed E-state index contributed by atoms with van der Waals surface area (Å²) in [6.45, 7) is 2.39. The van der Waals surface area contributed by atoms with Crippen LogP contribution in [0.3, 0.4) is 0 Å². The molecule has 1 amide bonds. The van der Waals surface area contributed by atoms with E-state index in [0.717, 1.165) is 0 Å². The summed E-state index contributed by atoms with van der Waals surface area (Å²) in [4.78, 5) is 27.0. The second kappa shape index (κ2) is 9.03. The average Bonchev–Trinajstić information content (AvgIpc) is 3.10. The van der Waals surface area contributed by atoms with E-state index in [-0.39, 0.29) is 4.90 Å². The number of likely N-dealkylation sites (tertiary alicyclic amines) is 1. The van der Waals surface area contributed by atoms with Crippen LogP contribution in [0.1, 0.15) is 30.9 Å². The van der Waals surface area contributed by atoms with Crippen molar-refractivity contribution < 1.29 is 22.7 Å². The second-order valence-electron chi connectivity index (χ2n) is 7.91. The van der Waals surface area contributed by atoms with Gasteiger partial charge in [0.2, 0.25) is 0 Å². The van der Waals surface area contributed by atoms with E-state index >= 15 is 0 Å². The predicted molar refractivity (Wildman–Crippen MR) is 120 cm³/mol. The molecule has 0 aromatic heterocycles. The standard InChI is InChI=1S/C23H22N4O5S/c1-15(22(28)25-18-6-4-5-16(13-18)14-24)32-23(29)17-9-11-27(12-10-17)21-19-7-2-3-8-20(19)33(30,31)26-21/h2-8,13,15,17H,9-12H2,1H3,(H,25,28). The van der Waals surface area contributed by atoms with Gasteiger partial charge in [-0.15, -0.1) is 4.40 Å². The molecule has 2 aromatic rings. The summed E-state index contributed by atoms with van der Waals surface area (Å²) in [6, 6.07) is 15.1. The number of esters is 1. The van der Waals surface area contributed by atoms with Gasteiger partial charge in [0.25, 0.3) is 15.9 Å². The van der Waals surface area contributed by atoms with Crippen LogP contribution in [0, 0.1) is 17.2 Å². The van der Waals surface area contributed by atoms with Gasteiger partial charge in [-0.05, 0) is 50.1 Å². The molecule has 9 nitrogen and oxygen atoms in total. The van der Waals surface area contributed by atoms with E-state index in [1.165, 1.54) is 19.1 Å². The summed E-state index contributed by atoms with van der Waals surface area (Å²) in [5, 5.41) is 11.6. The molecular formula is C23H22N4O5S. The van der Waals surface area contributed by atoms with Crippen LogP contribution in [0.4, 0.5) is 5.69 Å². The van der Waals surface area contributed by atoms with Gasteiger partial charge in [-0.2, -0.15) is 13.7 Å². The van der Waals surface area contributed by atoms with Crippen LogP contribution in [0.25, 0.3) is 0 Å². The van der Waals surface area contributed by atoms with E-state index in [4.69, 9.17) is 10.00 Å². The van der Waals surface area contributed by atoms with Crippen LogP contribution >= 0.6 is 0 Å². The van der Waals surface area contributed by atoms with Crippen LogP contribution < -0.4 is 5.32 Å². The van der Waals surface area contributed by atoms with Crippen molar-refractivity contribution in [2.24, 2.45) is 10.3 Å². The summed E-state index contributed by atoms with van der Waals surface area (Å²) < 4.78 is 33.9. The van der Waals surface area contributed by atoms with Crippen molar-refractivity contribution in [1.82, 2.24) is 4.90 Å². The van der Waals surface area contributed by atoms with Gasteiger partial charge in [0.1, 0.15) is 4.90 Å². The topological polar surface area (TPSA) is 129 Å². The van der Waals surface area contributed by atoms with Crippen molar-refractivity contribution in [1.29, 1.82) is 5.26 Å². The number of nitrogens with one attached hydrogen (secondary N) is 1. The molecule has 2 heterocycles. The number of ether oxygens (including phenoxy) is 1. The average molecular weight is 467 g/mol. The Labute approximate surface area is 191 Å². The number of nitriles is 1. The summed E-state index contributed by atoms with van der Waals surface area (Å²) in [5.74, 6) is -0.945. The maximum absolute atomic E-state index is 12.6. The minimum Gasteiger partial charge on any atom is -0.452 e. The Morgan fingerprint density at radius 2 is 1.91 bits per heavy atom. The first-order chi connectivity index (χ1) is 15.8. The quantitative estimate of drug-likeness (QED) is 0.685. The number of piperidine rings is 1. The van der Waals surface area contributed by atoms with Crippen molar-refractivity contribution in [2.75, 3.05) is 18.4 Å². The lowest BCUT2D eigenvalue weighted by molar-refractivity contribution is -0.158. The number of rotatable bonds is 4. The zero-order chi connectivity index (χ0) is 23.6. The Kier molecular flexibility index (Phi) is 6.16. The number of carbonyl (C=O) groups is 2. The maximum atomic E-state index is 12.6. The fourth-order valence-electron chi connectivity index (χ4n) is 3.88. The summed E-state index contributed by atoms with van der Waals surface area (Å²) in [7, 11) is -3.70. The molecule has 1 unspecified atom stereocenters. The predicted octanol–water partition coefficient (Wildman–Crippen LogP) is 2.29. The summed E-state index contributed by atoms with van der Waals surface area (Å²) in [5.41, 5.74) is 1.43. The molecule has 0 radical (unpaired) electrons. The fraction of sp³-hybridized carbons (Fsp3) is 0.304. The van der Waals surface area contributed by atoms with Crippen LogP contribution in [0.5, 0.6) is 0 Å². The second-order valence-corrected chi connectivity index (χ2v) is 9.48. The van der Waals surface area contributed by atoms with Crippen LogP contribution in [0.15, 0.2) is 57.8 Å². The van der Waals surface area contributed by atoms with Crippen LogP contribution in [0.2, 0.25) is 0 Å². The number of sulfonamides is 1. The number of anilines is 1. The third-order valence-electron chi connectivity index (χ3n) is 5.66. The van der Waals surface area contributed by atoms with Gasteiger partial charge >= 0.3 is 5.97 Å². The number of nitrogens with zero attached hydrogens (tertiary/aromatic N) is 3. The zero-order valence-electron chi connectivity index (χ0n) is 17.9. The first-order valence-electron chi connectivity index (χ1n) is 10.5. The fourth-order valence-corrected chi connectivity index (χ4v) is 5.11. The van der Waals surface area contributed by atoms with Crippen molar-refractivity contribution >= 4 is 33.4 Å². The van der Waals surface area contributed by atoms with Gasteiger partial charge in [0, 0.05) is 24.3 Å². The minimum atomic E-state index is -3.70. The highest BCUT2D eigenvalue weighted by atomic mass is 32.2. The molecule has 2 aromatic carbocycles. The van der Waals surface area contributed by atoms with Gasteiger partial charge in [0.15, 0.2) is 11.9 Å². The number of amidine groups is 1. The first-order valence-corrected chi connectivity index (χ1v) is 11.9. The van der Waals surface area contributed by atoms with Crippen LogP contribution in [-0.4, -0.2) is 50.2 Å². The van der Waals surface area contributed by atoms with Crippen molar-refractivity contribution in [2.45, 2.75) is 30.8 Å². The molecule has 2 aliphatic rings. The lowest BCUT2D eigenvalue weighted by Gasteiger charge is -2.32. The molecule has 0 spiro atoms. The minimum absolute atomic E-state index is 0.196. The molecule has 4 rings (SSSR count). The smallest absolute Gasteiger partial charge is 0.309 e. The van der Waals surface area contributed by atoms with Gasteiger partial charge < -0.3 is 15.0 Å². The number of hydrogen-bond donors (Lipinski definition) is 1. The number of amides is 1. The SMILES string of the molecule is CC(OC(=O)C1CCN(C2=NS(=O)(=O)c3ccccc32)CC1)C(=O)Nc1cccc(C#N)c1. The summed E-state index contributed by atoms with van der Waals surface area (Å²) in [6.07, 6.45) is -0.0884. The normalized spacial score (nSPS) is 17.9. The van der Waals surface area contributed by atoms with Gasteiger partial charge in [-0.1, -0.05) is 18.2 Å². The maximum Gasteiger partial charge on any atom is 0.309 e. The number of hydrogen-bond acceptors (Lipinski definition) is 7. The molecule has 170 valence electrons. The highest BCUT2D eigenvalue weighted by Crippen LogP contribution is 2.30. The number of benzene rings is 2. The van der Waals surface area contributed by atoms with Crippen molar-refractivity contribution in [3.05, 3.63) is 59.7 Å². The molecule has 0 bridgehead atoms. The lowest BCUT2D eigenvalue weighted by Crippen LogP contribution is -2.41. The largest absolute Gasteiger partial charge is 0.452 e. The molecule has 0 aliphatic carbocycles. The Bertz CT molecular complexity index is 1270.